The van der Waals surface area contributed by atoms with Crippen LogP contribution in [0.15, 0.2) is 41.0 Å². The summed E-state index contributed by atoms with van der Waals surface area (Å²) < 4.78 is 56.6. The lowest BCUT2D eigenvalue weighted by Gasteiger charge is -2.34. The Labute approximate surface area is 151 Å². The second-order valence-electron chi connectivity index (χ2n) is 5.88. The fourth-order valence-electron chi connectivity index (χ4n) is 2.69. The van der Waals surface area contributed by atoms with E-state index in [2.05, 4.69) is 5.32 Å². The fourth-order valence-corrected chi connectivity index (χ4v) is 2.69. The van der Waals surface area contributed by atoms with Gasteiger partial charge in [-0.1, -0.05) is 0 Å². The van der Waals surface area contributed by atoms with Crippen LogP contribution in [0.1, 0.15) is 16.1 Å². The van der Waals surface area contributed by atoms with Gasteiger partial charge in [0, 0.05) is 31.9 Å². The van der Waals surface area contributed by atoms with Gasteiger partial charge < -0.3 is 19.5 Å². The molecule has 27 heavy (non-hydrogen) atoms. The number of hydrogen-bond donors (Lipinski definition) is 1. The van der Waals surface area contributed by atoms with Gasteiger partial charge in [0.05, 0.1) is 11.8 Å². The summed E-state index contributed by atoms with van der Waals surface area (Å²) in [6.07, 6.45) is -3.47. The first-order chi connectivity index (χ1) is 12.8. The minimum Gasteiger partial charge on any atom is -0.459 e. The molecule has 0 atom stereocenters. The molecule has 0 bridgehead atoms. The number of rotatable bonds is 2. The van der Waals surface area contributed by atoms with Crippen LogP contribution in [0.25, 0.3) is 0 Å². The minimum atomic E-state index is -4.86. The van der Waals surface area contributed by atoms with Crippen LogP contribution in [0.3, 0.4) is 0 Å². The molecule has 0 aliphatic carbocycles. The molecule has 1 aromatic heterocycles. The molecular weight excluding hydrogens is 370 g/mol. The number of piperazine rings is 1. The van der Waals surface area contributed by atoms with Crippen LogP contribution in [0.4, 0.5) is 28.0 Å². The highest BCUT2D eigenvalue weighted by Gasteiger charge is 2.34. The molecule has 1 fully saturated rings. The summed E-state index contributed by atoms with van der Waals surface area (Å²) in [6, 6.07) is 4.75. The van der Waals surface area contributed by atoms with Crippen molar-refractivity contribution in [1.82, 2.24) is 9.80 Å². The lowest BCUT2D eigenvalue weighted by molar-refractivity contribution is -0.139. The summed E-state index contributed by atoms with van der Waals surface area (Å²) in [5.41, 5.74) is -1.61. The average molecular weight is 385 g/mol. The molecule has 1 aliphatic heterocycles. The van der Waals surface area contributed by atoms with E-state index < -0.39 is 23.6 Å². The number of halogens is 4. The number of benzene rings is 1. The van der Waals surface area contributed by atoms with Gasteiger partial charge in [0.2, 0.25) is 0 Å². The third-order valence-electron chi connectivity index (χ3n) is 4.11. The first-order valence-electron chi connectivity index (χ1n) is 8.01. The maximum atomic E-state index is 13.3. The SMILES string of the molecule is O=C(Nc1ccc(F)c(C(F)(F)F)c1)N1CCN(C(=O)c2ccco2)CC1. The van der Waals surface area contributed by atoms with Gasteiger partial charge >= 0.3 is 12.2 Å². The van der Waals surface area contributed by atoms with Crippen molar-refractivity contribution in [2.24, 2.45) is 0 Å². The number of alkyl halides is 3. The molecule has 1 aliphatic rings. The van der Waals surface area contributed by atoms with Crippen molar-refractivity contribution in [2.45, 2.75) is 6.18 Å². The summed E-state index contributed by atoms with van der Waals surface area (Å²) >= 11 is 0. The highest BCUT2D eigenvalue weighted by molar-refractivity contribution is 5.92. The second kappa shape index (κ2) is 7.29. The first kappa shape index (κ1) is 18.7. The van der Waals surface area contributed by atoms with Crippen LogP contribution < -0.4 is 5.32 Å². The highest BCUT2D eigenvalue weighted by atomic mass is 19.4. The summed E-state index contributed by atoms with van der Waals surface area (Å²) in [6.45, 7) is 0.908. The Morgan fingerprint density at radius 3 is 2.30 bits per heavy atom. The predicted molar refractivity (Wildman–Crippen MR) is 86.6 cm³/mol. The third kappa shape index (κ3) is 4.21. The Morgan fingerprint density at radius 1 is 1.04 bits per heavy atom. The van der Waals surface area contributed by atoms with E-state index in [1.807, 2.05) is 0 Å². The van der Waals surface area contributed by atoms with Crippen molar-refractivity contribution in [1.29, 1.82) is 0 Å². The number of carbonyl (C=O) groups excluding carboxylic acids is 2. The first-order valence-corrected chi connectivity index (χ1v) is 8.01. The van der Waals surface area contributed by atoms with Crippen molar-refractivity contribution in [3.8, 4) is 0 Å². The highest BCUT2D eigenvalue weighted by Crippen LogP contribution is 2.33. The molecule has 3 rings (SSSR count). The maximum absolute atomic E-state index is 13.3. The lowest BCUT2D eigenvalue weighted by Crippen LogP contribution is -2.51. The van der Waals surface area contributed by atoms with Gasteiger partial charge in [-0.05, 0) is 30.3 Å². The van der Waals surface area contributed by atoms with Crippen molar-refractivity contribution in [3.63, 3.8) is 0 Å². The number of urea groups is 1. The monoisotopic (exact) mass is 385 g/mol. The third-order valence-corrected chi connectivity index (χ3v) is 4.11. The van der Waals surface area contributed by atoms with Gasteiger partial charge in [0.15, 0.2) is 5.76 Å². The van der Waals surface area contributed by atoms with Crippen molar-refractivity contribution >= 4 is 17.6 Å². The van der Waals surface area contributed by atoms with Crippen LogP contribution in [0, 0.1) is 5.82 Å². The summed E-state index contributed by atoms with van der Waals surface area (Å²) in [7, 11) is 0. The Morgan fingerprint density at radius 2 is 1.70 bits per heavy atom. The molecule has 6 nitrogen and oxygen atoms in total. The van der Waals surface area contributed by atoms with E-state index >= 15 is 0 Å². The van der Waals surface area contributed by atoms with Crippen LogP contribution in [0.5, 0.6) is 0 Å². The van der Waals surface area contributed by atoms with Crippen LogP contribution >= 0.6 is 0 Å². The van der Waals surface area contributed by atoms with E-state index in [9.17, 15) is 27.2 Å². The quantitative estimate of drug-likeness (QED) is 0.806. The number of nitrogens with zero attached hydrogens (tertiary/aromatic N) is 2. The molecule has 3 amide bonds. The van der Waals surface area contributed by atoms with Gasteiger partial charge in [-0.25, -0.2) is 9.18 Å². The molecule has 0 spiro atoms. The molecule has 1 aromatic carbocycles. The van der Waals surface area contributed by atoms with E-state index in [0.29, 0.717) is 12.1 Å². The number of anilines is 1. The predicted octanol–water partition coefficient (Wildman–Crippen LogP) is 3.43. The van der Waals surface area contributed by atoms with E-state index in [0.717, 1.165) is 6.07 Å². The second-order valence-corrected chi connectivity index (χ2v) is 5.88. The van der Waals surface area contributed by atoms with Gasteiger partial charge in [0.1, 0.15) is 5.82 Å². The van der Waals surface area contributed by atoms with E-state index in [4.69, 9.17) is 4.42 Å². The molecule has 1 saturated heterocycles. The molecule has 2 heterocycles. The van der Waals surface area contributed by atoms with Crippen LogP contribution in [0.2, 0.25) is 0 Å². The van der Waals surface area contributed by atoms with E-state index in [-0.39, 0.29) is 43.5 Å². The topological polar surface area (TPSA) is 65.8 Å². The summed E-state index contributed by atoms with van der Waals surface area (Å²) in [5.74, 6) is -1.52. The van der Waals surface area contributed by atoms with Gasteiger partial charge in [0.25, 0.3) is 5.91 Å². The molecule has 2 aromatic rings. The smallest absolute Gasteiger partial charge is 0.419 e. The number of furan rings is 1. The minimum absolute atomic E-state index is 0.164. The molecule has 0 radical (unpaired) electrons. The summed E-state index contributed by atoms with van der Waals surface area (Å²) in [4.78, 5) is 27.3. The average Bonchev–Trinajstić information content (AvgIpc) is 3.16. The molecule has 144 valence electrons. The van der Waals surface area contributed by atoms with Crippen molar-refractivity contribution in [3.05, 3.63) is 53.7 Å². The standard InChI is InChI=1S/C17H15F4N3O3/c18-13-4-3-11(10-12(13)17(19,20)21)22-16(26)24-7-5-23(6-8-24)15(25)14-2-1-9-27-14/h1-4,9-10H,5-8H2,(H,22,26). The van der Waals surface area contributed by atoms with Gasteiger partial charge in [-0.15, -0.1) is 0 Å². The van der Waals surface area contributed by atoms with Crippen molar-refractivity contribution in [2.75, 3.05) is 31.5 Å². The normalized spacial score (nSPS) is 15.0. The molecular formula is C17H15F4N3O3. The summed E-state index contributed by atoms with van der Waals surface area (Å²) in [5, 5.41) is 2.32. The van der Waals surface area contributed by atoms with Crippen LogP contribution in [-0.2, 0) is 6.18 Å². The molecule has 0 saturated carbocycles. The zero-order valence-corrected chi connectivity index (χ0v) is 13.9. The molecule has 0 unspecified atom stereocenters. The Balaban J connectivity index is 1.59. The van der Waals surface area contributed by atoms with Gasteiger partial charge in [-0.2, -0.15) is 13.2 Å². The molecule has 1 N–H and O–H groups in total. The lowest BCUT2D eigenvalue weighted by atomic mass is 10.2. The zero-order valence-electron chi connectivity index (χ0n) is 13.9. The fraction of sp³-hybridized carbons (Fsp3) is 0.294. The Kier molecular flexibility index (Phi) is 5.06. The Bertz CT molecular complexity index is 828. The van der Waals surface area contributed by atoms with Gasteiger partial charge in [-0.3, -0.25) is 4.79 Å². The number of carbonyl (C=O) groups is 2. The molecule has 10 heteroatoms. The van der Waals surface area contributed by atoms with E-state index in [1.165, 1.54) is 22.1 Å². The zero-order chi connectivity index (χ0) is 19.6. The van der Waals surface area contributed by atoms with Crippen molar-refractivity contribution < 1.29 is 31.6 Å². The van der Waals surface area contributed by atoms with E-state index in [1.54, 1.807) is 6.07 Å². The number of amides is 3. The maximum Gasteiger partial charge on any atom is 0.419 e. The largest absolute Gasteiger partial charge is 0.459 e. The number of nitrogens with one attached hydrogen (secondary N) is 1. The Hall–Kier alpha value is -3.04. The van der Waals surface area contributed by atoms with Crippen LogP contribution in [-0.4, -0.2) is 47.9 Å². The number of hydrogen-bond acceptors (Lipinski definition) is 3.